The van der Waals surface area contributed by atoms with Gasteiger partial charge in [-0.25, -0.2) is 0 Å². The Morgan fingerprint density at radius 1 is 1.33 bits per heavy atom. The van der Waals surface area contributed by atoms with Gasteiger partial charge in [0.05, 0.1) is 6.61 Å². The quantitative estimate of drug-likeness (QED) is 0.580. The molecular formula is C12H27NO2. The van der Waals surface area contributed by atoms with Gasteiger partial charge in [-0.3, -0.25) is 0 Å². The maximum absolute atomic E-state index is 9.09. The van der Waals surface area contributed by atoms with Gasteiger partial charge in [-0.1, -0.05) is 20.8 Å². The predicted octanol–water partition coefficient (Wildman–Crippen LogP) is 1.93. The first-order valence-electron chi connectivity index (χ1n) is 6.01. The van der Waals surface area contributed by atoms with Crippen molar-refractivity contribution in [2.45, 2.75) is 52.0 Å². The SMILES string of the molecule is CCC(N)(CO)CCCOCCC(C)C. The molecule has 0 saturated heterocycles. The highest BCUT2D eigenvalue weighted by molar-refractivity contribution is 4.81. The summed E-state index contributed by atoms with van der Waals surface area (Å²) in [6, 6.07) is 0. The van der Waals surface area contributed by atoms with E-state index >= 15 is 0 Å². The first kappa shape index (κ1) is 14.9. The van der Waals surface area contributed by atoms with Crippen LogP contribution in [0.5, 0.6) is 0 Å². The Morgan fingerprint density at radius 3 is 2.47 bits per heavy atom. The van der Waals surface area contributed by atoms with Gasteiger partial charge in [0, 0.05) is 18.8 Å². The van der Waals surface area contributed by atoms with Crippen molar-refractivity contribution in [3.8, 4) is 0 Å². The minimum Gasteiger partial charge on any atom is -0.394 e. The van der Waals surface area contributed by atoms with Crippen LogP contribution < -0.4 is 5.73 Å². The number of hydrogen-bond acceptors (Lipinski definition) is 3. The van der Waals surface area contributed by atoms with Gasteiger partial charge in [0.2, 0.25) is 0 Å². The van der Waals surface area contributed by atoms with Crippen LogP contribution in [0.3, 0.4) is 0 Å². The van der Waals surface area contributed by atoms with Gasteiger partial charge in [-0.2, -0.15) is 0 Å². The number of nitrogens with two attached hydrogens (primary N) is 1. The second-order valence-corrected chi connectivity index (χ2v) is 4.77. The van der Waals surface area contributed by atoms with Crippen LogP contribution in [0.25, 0.3) is 0 Å². The van der Waals surface area contributed by atoms with Crippen molar-refractivity contribution in [2.75, 3.05) is 19.8 Å². The molecule has 0 aliphatic carbocycles. The topological polar surface area (TPSA) is 55.5 Å². The van der Waals surface area contributed by atoms with Crippen molar-refractivity contribution < 1.29 is 9.84 Å². The Kier molecular flexibility index (Phi) is 8.02. The van der Waals surface area contributed by atoms with Gasteiger partial charge in [-0.05, 0) is 31.6 Å². The van der Waals surface area contributed by atoms with Crippen molar-refractivity contribution in [3.05, 3.63) is 0 Å². The molecule has 0 saturated carbocycles. The molecule has 1 unspecified atom stereocenters. The zero-order valence-corrected chi connectivity index (χ0v) is 10.5. The maximum Gasteiger partial charge on any atom is 0.0611 e. The molecule has 0 aromatic heterocycles. The molecule has 0 aromatic rings. The number of rotatable bonds is 9. The highest BCUT2D eigenvalue weighted by atomic mass is 16.5. The van der Waals surface area contributed by atoms with E-state index in [1.54, 1.807) is 0 Å². The lowest BCUT2D eigenvalue weighted by Crippen LogP contribution is -2.43. The zero-order valence-electron chi connectivity index (χ0n) is 10.5. The summed E-state index contributed by atoms with van der Waals surface area (Å²) in [6.07, 6.45) is 3.70. The van der Waals surface area contributed by atoms with Crippen LogP contribution in [0.4, 0.5) is 0 Å². The Morgan fingerprint density at radius 2 is 2.00 bits per heavy atom. The molecule has 15 heavy (non-hydrogen) atoms. The van der Waals surface area contributed by atoms with E-state index in [2.05, 4.69) is 13.8 Å². The van der Waals surface area contributed by atoms with Crippen molar-refractivity contribution in [1.29, 1.82) is 0 Å². The van der Waals surface area contributed by atoms with E-state index in [1.165, 1.54) is 0 Å². The summed E-state index contributed by atoms with van der Waals surface area (Å²) < 4.78 is 5.49. The molecule has 0 bridgehead atoms. The average molecular weight is 217 g/mol. The lowest BCUT2D eigenvalue weighted by Gasteiger charge is -2.25. The van der Waals surface area contributed by atoms with E-state index < -0.39 is 5.54 Å². The van der Waals surface area contributed by atoms with Crippen LogP contribution >= 0.6 is 0 Å². The standard InChI is InChI=1S/C12H27NO2/c1-4-12(13,10-14)7-5-8-15-9-6-11(2)3/h11,14H,4-10,13H2,1-3H3. The van der Waals surface area contributed by atoms with E-state index in [4.69, 9.17) is 15.6 Å². The second kappa shape index (κ2) is 8.08. The lowest BCUT2D eigenvalue weighted by atomic mass is 9.93. The maximum atomic E-state index is 9.09. The van der Waals surface area contributed by atoms with Crippen molar-refractivity contribution in [1.82, 2.24) is 0 Å². The molecule has 0 aliphatic heterocycles. The first-order valence-corrected chi connectivity index (χ1v) is 6.01. The number of aliphatic hydroxyl groups is 1. The number of aliphatic hydroxyl groups excluding tert-OH is 1. The summed E-state index contributed by atoms with van der Waals surface area (Å²) in [4.78, 5) is 0. The van der Waals surface area contributed by atoms with Crippen LogP contribution in [0, 0.1) is 5.92 Å². The molecule has 0 amide bonds. The lowest BCUT2D eigenvalue weighted by molar-refractivity contribution is 0.107. The fraction of sp³-hybridized carbons (Fsp3) is 1.00. The normalized spacial score (nSPS) is 15.6. The Hall–Kier alpha value is -0.120. The largest absolute Gasteiger partial charge is 0.394 e. The van der Waals surface area contributed by atoms with E-state index in [0.29, 0.717) is 5.92 Å². The molecule has 0 rings (SSSR count). The third-order valence-electron chi connectivity index (χ3n) is 2.82. The number of hydrogen-bond donors (Lipinski definition) is 2. The first-order chi connectivity index (χ1) is 7.04. The van der Waals surface area contributed by atoms with E-state index in [0.717, 1.165) is 38.9 Å². The van der Waals surface area contributed by atoms with E-state index in [9.17, 15) is 0 Å². The van der Waals surface area contributed by atoms with Crippen LogP contribution in [0.15, 0.2) is 0 Å². The summed E-state index contributed by atoms with van der Waals surface area (Å²) in [5.74, 6) is 0.701. The molecule has 0 fully saturated rings. The van der Waals surface area contributed by atoms with Gasteiger partial charge < -0.3 is 15.6 Å². The minimum atomic E-state index is -0.401. The molecule has 0 aromatic carbocycles. The van der Waals surface area contributed by atoms with Crippen molar-refractivity contribution in [2.24, 2.45) is 11.7 Å². The van der Waals surface area contributed by atoms with Gasteiger partial charge >= 0.3 is 0 Å². The van der Waals surface area contributed by atoms with Crippen LogP contribution in [0.1, 0.15) is 46.5 Å². The van der Waals surface area contributed by atoms with Gasteiger partial charge in [-0.15, -0.1) is 0 Å². The zero-order chi connectivity index (χ0) is 11.7. The van der Waals surface area contributed by atoms with E-state index in [1.807, 2.05) is 6.92 Å². The second-order valence-electron chi connectivity index (χ2n) is 4.77. The number of ether oxygens (including phenoxy) is 1. The fourth-order valence-electron chi connectivity index (χ4n) is 1.32. The molecule has 0 spiro atoms. The van der Waals surface area contributed by atoms with Crippen LogP contribution in [-0.2, 0) is 4.74 Å². The summed E-state index contributed by atoms with van der Waals surface area (Å²) in [7, 11) is 0. The summed E-state index contributed by atoms with van der Waals surface area (Å²) in [5, 5.41) is 9.09. The molecule has 92 valence electrons. The highest BCUT2D eigenvalue weighted by Crippen LogP contribution is 2.13. The van der Waals surface area contributed by atoms with Gasteiger partial charge in [0.1, 0.15) is 0 Å². The molecule has 0 aliphatic rings. The molecule has 3 heteroatoms. The molecule has 3 nitrogen and oxygen atoms in total. The summed E-state index contributed by atoms with van der Waals surface area (Å²) in [6.45, 7) is 8.05. The van der Waals surface area contributed by atoms with Gasteiger partial charge in [0.25, 0.3) is 0 Å². The molecule has 0 heterocycles. The summed E-state index contributed by atoms with van der Waals surface area (Å²) in [5.41, 5.74) is 5.55. The molecule has 3 N–H and O–H groups in total. The van der Waals surface area contributed by atoms with Crippen molar-refractivity contribution >= 4 is 0 Å². The Labute approximate surface area is 94.0 Å². The third kappa shape index (κ3) is 7.77. The third-order valence-corrected chi connectivity index (χ3v) is 2.82. The smallest absolute Gasteiger partial charge is 0.0611 e. The molecule has 0 radical (unpaired) electrons. The van der Waals surface area contributed by atoms with Crippen LogP contribution in [0.2, 0.25) is 0 Å². The minimum absolute atomic E-state index is 0.0650. The summed E-state index contributed by atoms with van der Waals surface area (Å²) >= 11 is 0. The predicted molar refractivity (Wildman–Crippen MR) is 63.8 cm³/mol. The van der Waals surface area contributed by atoms with Crippen LogP contribution in [-0.4, -0.2) is 30.5 Å². The van der Waals surface area contributed by atoms with Gasteiger partial charge in [0.15, 0.2) is 0 Å². The monoisotopic (exact) mass is 217 g/mol. The Balaban J connectivity index is 3.37. The Bertz CT molecular complexity index is 145. The average Bonchev–Trinajstić information content (AvgIpc) is 2.22. The fourth-order valence-corrected chi connectivity index (χ4v) is 1.32. The van der Waals surface area contributed by atoms with E-state index in [-0.39, 0.29) is 6.61 Å². The van der Waals surface area contributed by atoms with Crippen molar-refractivity contribution in [3.63, 3.8) is 0 Å². The molecular weight excluding hydrogens is 190 g/mol. The highest BCUT2D eigenvalue weighted by Gasteiger charge is 2.20. The molecule has 1 atom stereocenters.